The van der Waals surface area contributed by atoms with Gasteiger partial charge in [0.2, 0.25) is 0 Å². The summed E-state index contributed by atoms with van der Waals surface area (Å²) in [5.41, 5.74) is 0.811. The lowest BCUT2D eigenvalue weighted by Crippen LogP contribution is -2.20. The highest BCUT2D eigenvalue weighted by molar-refractivity contribution is 7.24. The highest BCUT2D eigenvalue weighted by Gasteiger charge is 2.18. The smallest absolute Gasteiger partial charge is 0.269 e. The number of thiazole rings is 1. The van der Waals surface area contributed by atoms with Gasteiger partial charge < -0.3 is 4.74 Å². The number of carbonyl (C=O) groups is 1. The predicted molar refractivity (Wildman–Crippen MR) is 116 cm³/mol. The molecule has 0 radical (unpaired) electrons. The molecule has 10 heteroatoms. The Balaban J connectivity index is 1.45. The third-order valence-corrected chi connectivity index (χ3v) is 6.69. The first-order chi connectivity index (χ1) is 14.1. The van der Waals surface area contributed by atoms with Crippen LogP contribution in [0, 0.1) is 10.1 Å². The fourth-order valence-corrected chi connectivity index (χ4v) is 5.13. The second-order valence-corrected chi connectivity index (χ2v) is 8.63. The average molecular weight is 444 g/mol. The van der Waals surface area contributed by atoms with Crippen LogP contribution < -0.4 is 10.1 Å². The van der Waals surface area contributed by atoms with Crippen LogP contribution in [0.25, 0.3) is 20.3 Å². The summed E-state index contributed by atoms with van der Waals surface area (Å²) in [6.45, 7) is -0.222. The van der Waals surface area contributed by atoms with Crippen LogP contribution in [0.4, 0.5) is 10.8 Å². The minimum atomic E-state index is -0.491. The molecule has 3 heterocycles. The number of nitro groups is 1. The van der Waals surface area contributed by atoms with E-state index < -0.39 is 4.92 Å². The minimum Gasteiger partial charge on any atom is -0.484 e. The number of hydrogen-bond donors (Lipinski definition) is 1. The molecule has 29 heavy (non-hydrogen) atoms. The molecule has 0 aliphatic rings. The van der Waals surface area contributed by atoms with Gasteiger partial charge in [-0.3, -0.25) is 20.2 Å². The van der Waals surface area contributed by atoms with E-state index in [9.17, 15) is 14.9 Å². The van der Waals surface area contributed by atoms with Crippen LogP contribution in [-0.2, 0) is 4.79 Å². The molecule has 3 aromatic heterocycles. The zero-order chi connectivity index (χ0) is 20.2. The van der Waals surface area contributed by atoms with Gasteiger partial charge in [-0.2, -0.15) is 0 Å². The number of benzene rings is 1. The number of carbonyl (C=O) groups excluding carboxylic acids is 1. The normalized spacial score (nSPS) is 10.6. The minimum absolute atomic E-state index is 0.0354. The van der Waals surface area contributed by atoms with Gasteiger partial charge in [-0.25, -0.2) is 4.98 Å². The number of hydrogen-bond acceptors (Lipinski definition) is 8. The molecule has 0 spiro atoms. The Labute approximate surface area is 177 Å². The number of amides is 1. The molecule has 0 aliphatic heterocycles. The van der Waals surface area contributed by atoms with E-state index in [1.807, 2.05) is 35.0 Å². The first-order valence-electron chi connectivity index (χ1n) is 8.36. The third kappa shape index (κ3) is 4.50. The molecule has 1 aromatic carbocycles. The molecule has 0 atom stereocenters. The van der Waals surface area contributed by atoms with Gasteiger partial charge in [-0.15, -0.1) is 22.7 Å². The van der Waals surface area contributed by atoms with Gasteiger partial charge in [-0.1, -0.05) is 23.5 Å². The summed E-state index contributed by atoms with van der Waals surface area (Å²) >= 11 is 4.63. The van der Waals surface area contributed by atoms with E-state index in [0.29, 0.717) is 10.9 Å². The summed E-state index contributed by atoms with van der Waals surface area (Å²) in [7, 11) is 0. The van der Waals surface area contributed by atoms with Crippen LogP contribution in [0.3, 0.4) is 0 Å². The Morgan fingerprint density at radius 3 is 2.38 bits per heavy atom. The van der Waals surface area contributed by atoms with E-state index in [0.717, 1.165) is 20.3 Å². The van der Waals surface area contributed by atoms with E-state index in [2.05, 4.69) is 10.3 Å². The van der Waals surface area contributed by atoms with Crippen molar-refractivity contribution in [3.05, 3.63) is 69.4 Å². The van der Waals surface area contributed by atoms with Gasteiger partial charge >= 0.3 is 0 Å². The Bertz CT molecular complexity index is 1070. The summed E-state index contributed by atoms with van der Waals surface area (Å²) in [6, 6.07) is 13.5. The summed E-state index contributed by atoms with van der Waals surface area (Å²) < 4.78 is 5.40. The first kappa shape index (κ1) is 19.2. The zero-order valence-electron chi connectivity index (χ0n) is 14.7. The zero-order valence-corrected chi connectivity index (χ0v) is 17.2. The van der Waals surface area contributed by atoms with Crippen molar-refractivity contribution in [1.82, 2.24) is 4.98 Å². The lowest BCUT2D eigenvalue weighted by Gasteiger charge is -2.05. The molecule has 0 unspecified atom stereocenters. The molecule has 4 rings (SSSR count). The van der Waals surface area contributed by atoms with E-state index >= 15 is 0 Å². The van der Waals surface area contributed by atoms with Gasteiger partial charge in [0, 0.05) is 17.0 Å². The Kier molecular flexibility index (Phi) is 5.65. The van der Waals surface area contributed by atoms with Gasteiger partial charge in [-0.05, 0) is 35.0 Å². The van der Waals surface area contributed by atoms with Crippen molar-refractivity contribution in [2.75, 3.05) is 11.9 Å². The predicted octanol–water partition coefficient (Wildman–Crippen LogP) is 5.53. The van der Waals surface area contributed by atoms with Crippen LogP contribution in [0.5, 0.6) is 5.75 Å². The maximum atomic E-state index is 12.3. The van der Waals surface area contributed by atoms with Crippen molar-refractivity contribution >= 4 is 50.7 Å². The largest absolute Gasteiger partial charge is 0.484 e. The van der Waals surface area contributed by atoms with Crippen LogP contribution in [0.1, 0.15) is 0 Å². The standard InChI is InChI=1S/C19H13N3O4S3/c23-16(11-26-13-7-5-12(6-8-13)22(24)25)20-19-21-17(14-3-1-9-27-14)18(29-19)15-4-2-10-28-15/h1-10H,11H2,(H,20,21,23). The quantitative estimate of drug-likeness (QED) is 0.299. The molecule has 4 aromatic rings. The van der Waals surface area contributed by atoms with Gasteiger partial charge in [0.1, 0.15) is 11.4 Å². The fraction of sp³-hybridized carbons (Fsp3) is 0.0526. The van der Waals surface area contributed by atoms with Gasteiger partial charge in [0.05, 0.1) is 14.7 Å². The Morgan fingerprint density at radius 1 is 1.07 bits per heavy atom. The molecule has 0 aliphatic carbocycles. The molecule has 0 fully saturated rings. The highest BCUT2D eigenvalue weighted by atomic mass is 32.1. The van der Waals surface area contributed by atoms with E-state index in [1.54, 1.807) is 22.7 Å². The molecule has 0 saturated heterocycles. The number of rotatable bonds is 7. The SMILES string of the molecule is O=C(COc1ccc([N+](=O)[O-])cc1)Nc1nc(-c2cccs2)c(-c2cccs2)s1. The number of nitro benzene ring substituents is 1. The molecule has 1 N–H and O–H groups in total. The molecular weight excluding hydrogens is 430 g/mol. The molecule has 0 saturated carbocycles. The molecule has 146 valence electrons. The van der Waals surface area contributed by atoms with Crippen molar-refractivity contribution in [1.29, 1.82) is 0 Å². The number of ether oxygens (including phenoxy) is 1. The maximum absolute atomic E-state index is 12.3. The third-order valence-electron chi connectivity index (χ3n) is 3.79. The number of aromatic nitrogens is 1. The second kappa shape index (κ2) is 8.52. The van der Waals surface area contributed by atoms with Crippen LogP contribution >= 0.6 is 34.0 Å². The van der Waals surface area contributed by atoms with E-state index in [4.69, 9.17) is 4.74 Å². The van der Waals surface area contributed by atoms with Gasteiger partial charge in [0.15, 0.2) is 11.7 Å². The van der Waals surface area contributed by atoms with E-state index in [-0.39, 0.29) is 18.2 Å². The first-order valence-corrected chi connectivity index (χ1v) is 10.9. The number of nitrogens with one attached hydrogen (secondary N) is 1. The van der Waals surface area contributed by atoms with Crippen LogP contribution in [0.15, 0.2) is 59.3 Å². The maximum Gasteiger partial charge on any atom is 0.269 e. The number of anilines is 1. The summed E-state index contributed by atoms with van der Waals surface area (Å²) in [5, 5.41) is 17.9. The van der Waals surface area contributed by atoms with Gasteiger partial charge in [0.25, 0.3) is 11.6 Å². The van der Waals surface area contributed by atoms with Crippen molar-refractivity contribution in [3.8, 4) is 26.1 Å². The topological polar surface area (TPSA) is 94.4 Å². The highest BCUT2D eigenvalue weighted by Crippen LogP contribution is 2.42. The van der Waals surface area contributed by atoms with Crippen LogP contribution in [-0.4, -0.2) is 22.4 Å². The average Bonchev–Trinajstić information content (AvgIpc) is 3.47. The lowest BCUT2D eigenvalue weighted by atomic mass is 10.3. The summed E-state index contributed by atoms with van der Waals surface area (Å²) in [6.07, 6.45) is 0. The number of non-ortho nitro benzene ring substituents is 1. The molecular formula is C19H13N3O4S3. The fourth-order valence-electron chi connectivity index (χ4n) is 2.50. The molecule has 1 amide bonds. The second-order valence-electron chi connectivity index (χ2n) is 5.74. The molecule has 0 bridgehead atoms. The van der Waals surface area contributed by atoms with Crippen molar-refractivity contribution in [3.63, 3.8) is 0 Å². The van der Waals surface area contributed by atoms with Crippen molar-refractivity contribution < 1.29 is 14.5 Å². The van der Waals surface area contributed by atoms with Crippen molar-refractivity contribution in [2.45, 2.75) is 0 Å². The monoisotopic (exact) mass is 443 g/mol. The van der Waals surface area contributed by atoms with Crippen LogP contribution in [0.2, 0.25) is 0 Å². The van der Waals surface area contributed by atoms with E-state index in [1.165, 1.54) is 35.6 Å². The Morgan fingerprint density at radius 2 is 1.76 bits per heavy atom. The number of nitrogens with zero attached hydrogens (tertiary/aromatic N) is 2. The van der Waals surface area contributed by atoms with Crippen molar-refractivity contribution in [2.24, 2.45) is 0 Å². The Hall–Kier alpha value is -3.08. The summed E-state index contributed by atoms with van der Waals surface area (Å²) in [5.74, 6) is 0.0241. The number of thiophene rings is 2. The summed E-state index contributed by atoms with van der Waals surface area (Å²) in [4.78, 5) is 30.2. The lowest BCUT2D eigenvalue weighted by molar-refractivity contribution is -0.384. The molecule has 7 nitrogen and oxygen atoms in total.